The van der Waals surface area contributed by atoms with Crippen LogP contribution in [0.1, 0.15) is 20.3 Å². The third kappa shape index (κ3) is 2.65. The molecule has 4 rings (SSSR count). The van der Waals surface area contributed by atoms with Crippen molar-refractivity contribution in [2.75, 3.05) is 37.6 Å². The first-order valence-corrected chi connectivity index (χ1v) is 9.51. The van der Waals surface area contributed by atoms with Crippen LogP contribution in [-0.2, 0) is 4.79 Å². The number of hydrogen-bond donors (Lipinski definition) is 0. The molecule has 2 saturated heterocycles. The van der Waals surface area contributed by atoms with E-state index in [4.69, 9.17) is 0 Å². The Hall–Kier alpha value is -1.73. The average Bonchev–Trinajstić information content (AvgIpc) is 3.21. The number of amides is 1. The summed E-state index contributed by atoms with van der Waals surface area (Å²) >= 11 is 1.65. The molecule has 2 aliphatic rings. The maximum absolute atomic E-state index is 12.6. The van der Waals surface area contributed by atoms with Crippen LogP contribution in [0.4, 0.5) is 5.82 Å². The van der Waals surface area contributed by atoms with Crippen molar-refractivity contribution in [1.29, 1.82) is 0 Å². The van der Waals surface area contributed by atoms with Crippen molar-refractivity contribution in [3.63, 3.8) is 0 Å². The van der Waals surface area contributed by atoms with Crippen molar-refractivity contribution >= 4 is 33.3 Å². The van der Waals surface area contributed by atoms with E-state index in [1.165, 1.54) is 0 Å². The molecule has 0 bridgehead atoms. The molecule has 2 aromatic rings. The van der Waals surface area contributed by atoms with Gasteiger partial charge in [-0.15, -0.1) is 11.3 Å². The molecule has 2 aromatic heterocycles. The Morgan fingerprint density at radius 3 is 2.67 bits per heavy atom. The van der Waals surface area contributed by atoms with Gasteiger partial charge >= 0.3 is 0 Å². The molecule has 1 unspecified atom stereocenters. The fraction of sp³-hybridized carbons (Fsp3) is 0.588. The van der Waals surface area contributed by atoms with Gasteiger partial charge in [0.1, 0.15) is 17.0 Å². The van der Waals surface area contributed by atoms with Crippen molar-refractivity contribution in [2.45, 2.75) is 32.4 Å². The van der Waals surface area contributed by atoms with Crippen LogP contribution < -0.4 is 4.90 Å². The molecule has 0 aliphatic carbocycles. The Labute approximate surface area is 146 Å². The number of fused-ring (bicyclic) bond motifs is 1. The summed E-state index contributed by atoms with van der Waals surface area (Å²) in [5.41, 5.74) is 0. The Kier molecular flexibility index (Phi) is 4.14. The van der Waals surface area contributed by atoms with E-state index in [2.05, 4.69) is 45.1 Å². The highest BCUT2D eigenvalue weighted by molar-refractivity contribution is 7.16. The van der Waals surface area contributed by atoms with Gasteiger partial charge in [0.15, 0.2) is 0 Å². The number of carbonyl (C=O) groups is 1. The van der Waals surface area contributed by atoms with Crippen LogP contribution in [-0.4, -0.2) is 70.5 Å². The first kappa shape index (κ1) is 15.8. The molecule has 128 valence electrons. The van der Waals surface area contributed by atoms with E-state index in [1.807, 2.05) is 4.90 Å². The van der Waals surface area contributed by atoms with Crippen LogP contribution in [0.25, 0.3) is 10.2 Å². The summed E-state index contributed by atoms with van der Waals surface area (Å²) in [5.74, 6) is 1.34. The molecule has 2 aliphatic heterocycles. The van der Waals surface area contributed by atoms with Crippen LogP contribution in [0.15, 0.2) is 17.8 Å². The lowest BCUT2D eigenvalue weighted by Gasteiger charge is -2.38. The summed E-state index contributed by atoms with van der Waals surface area (Å²) in [7, 11) is 0. The Morgan fingerprint density at radius 1 is 1.17 bits per heavy atom. The third-order valence-electron chi connectivity index (χ3n) is 5.13. The number of rotatable bonds is 3. The topological polar surface area (TPSA) is 52.6 Å². The lowest BCUT2D eigenvalue weighted by Crippen LogP contribution is -2.53. The Bertz CT molecular complexity index is 737. The van der Waals surface area contributed by atoms with Gasteiger partial charge < -0.3 is 9.80 Å². The van der Waals surface area contributed by atoms with E-state index in [0.717, 1.165) is 55.2 Å². The first-order valence-electron chi connectivity index (χ1n) is 8.63. The smallest absolute Gasteiger partial charge is 0.240 e. The predicted octanol–water partition coefficient (Wildman–Crippen LogP) is 1.82. The minimum absolute atomic E-state index is 0.0705. The highest BCUT2D eigenvalue weighted by atomic mass is 32.1. The zero-order valence-corrected chi connectivity index (χ0v) is 15.0. The van der Waals surface area contributed by atoms with Gasteiger partial charge in [0.05, 0.1) is 11.4 Å². The minimum atomic E-state index is 0.0705. The number of piperazine rings is 1. The maximum Gasteiger partial charge on any atom is 0.240 e. The lowest BCUT2D eigenvalue weighted by atomic mass is 10.1. The van der Waals surface area contributed by atoms with Crippen LogP contribution >= 0.6 is 11.3 Å². The number of carbonyl (C=O) groups excluding carboxylic acids is 1. The van der Waals surface area contributed by atoms with E-state index >= 15 is 0 Å². The maximum atomic E-state index is 12.6. The van der Waals surface area contributed by atoms with Crippen molar-refractivity contribution < 1.29 is 4.79 Å². The van der Waals surface area contributed by atoms with Gasteiger partial charge in [0.2, 0.25) is 5.91 Å². The second kappa shape index (κ2) is 6.29. The van der Waals surface area contributed by atoms with Crippen molar-refractivity contribution in [3.8, 4) is 0 Å². The van der Waals surface area contributed by atoms with Crippen LogP contribution in [0.2, 0.25) is 0 Å². The van der Waals surface area contributed by atoms with Gasteiger partial charge in [-0.05, 0) is 31.7 Å². The van der Waals surface area contributed by atoms with E-state index in [0.29, 0.717) is 11.9 Å². The van der Waals surface area contributed by atoms with Gasteiger partial charge in [-0.25, -0.2) is 9.97 Å². The van der Waals surface area contributed by atoms with E-state index in [9.17, 15) is 4.79 Å². The lowest BCUT2D eigenvalue weighted by molar-refractivity contribution is -0.133. The molecule has 4 heterocycles. The summed E-state index contributed by atoms with van der Waals surface area (Å²) in [6, 6.07) is 2.47. The predicted molar refractivity (Wildman–Crippen MR) is 96.5 cm³/mol. The molecule has 7 heteroatoms. The molecular formula is C17H23N5OS. The van der Waals surface area contributed by atoms with Gasteiger partial charge in [-0.3, -0.25) is 9.69 Å². The Morgan fingerprint density at radius 2 is 1.96 bits per heavy atom. The zero-order valence-electron chi connectivity index (χ0n) is 14.2. The number of likely N-dealkylation sites (tertiary alicyclic amines) is 1. The largest absolute Gasteiger partial charge is 0.353 e. The van der Waals surface area contributed by atoms with Crippen LogP contribution in [0.5, 0.6) is 0 Å². The van der Waals surface area contributed by atoms with Crippen molar-refractivity contribution in [3.05, 3.63) is 17.8 Å². The molecule has 0 N–H and O–H groups in total. The molecule has 0 spiro atoms. The Balaban J connectivity index is 1.44. The van der Waals surface area contributed by atoms with Gasteiger partial charge in [0, 0.05) is 38.8 Å². The number of thiophene rings is 1. The molecular weight excluding hydrogens is 322 g/mol. The monoisotopic (exact) mass is 345 g/mol. The molecule has 0 radical (unpaired) electrons. The van der Waals surface area contributed by atoms with E-state index in [1.54, 1.807) is 17.7 Å². The quantitative estimate of drug-likeness (QED) is 0.849. The van der Waals surface area contributed by atoms with Gasteiger partial charge in [-0.1, -0.05) is 0 Å². The minimum Gasteiger partial charge on any atom is -0.353 e. The molecule has 0 saturated carbocycles. The number of hydrogen-bond acceptors (Lipinski definition) is 6. The average molecular weight is 345 g/mol. The fourth-order valence-corrected chi connectivity index (χ4v) is 4.54. The number of anilines is 1. The summed E-state index contributed by atoms with van der Waals surface area (Å²) in [4.78, 5) is 29.2. The van der Waals surface area contributed by atoms with Crippen LogP contribution in [0, 0.1) is 0 Å². The first-order chi connectivity index (χ1) is 11.6. The van der Waals surface area contributed by atoms with Crippen LogP contribution in [0.3, 0.4) is 0 Å². The second-order valence-electron chi connectivity index (χ2n) is 6.79. The third-order valence-corrected chi connectivity index (χ3v) is 5.95. The molecule has 0 aromatic carbocycles. The van der Waals surface area contributed by atoms with E-state index in [-0.39, 0.29) is 6.04 Å². The van der Waals surface area contributed by atoms with Crippen molar-refractivity contribution in [1.82, 2.24) is 19.8 Å². The van der Waals surface area contributed by atoms with E-state index < -0.39 is 0 Å². The molecule has 24 heavy (non-hydrogen) atoms. The normalized spacial score (nSPS) is 23.0. The zero-order chi connectivity index (χ0) is 16.7. The highest BCUT2D eigenvalue weighted by Crippen LogP contribution is 2.28. The SMILES string of the molecule is CC(C)N1CCC(N2CCN(c3ncnc4sccc34)CC2)C1=O. The highest BCUT2D eigenvalue weighted by Gasteiger charge is 2.38. The summed E-state index contributed by atoms with van der Waals surface area (Å²) in [6.07, 6.45) is 2.61. The molecule has 6 nitrogen and oxygen atoms in total. The number of aromatic nitrogens is 2. The second-order valence-corrected chi connectivity index (χ2v) is 7.68. The fourth-order valence-electron chi connectivity index (χ4n) is 3.81. The molecule has 1 amide bonds. The molecule has 2 fully saturated rings. The standard InChI is InChI=1S/C17H23N5OS/c1-12(2)22-5-3-14(17(22)23)20-6-8-21(9-7-20)15-13-4-10-24-16(13)19-11-18-15/h4,10-12,14H,3,5-9H2,1-2H3. The summed E-state index contributed by atoms with van der Waals surface area (Å²) < 4.78 is 0. The molecule has 1 atom stereocenters. The number of nitrogens with zero attached hydrogens (tertiary/aromatic N) is 5. The summed E-state index contributed by atoms with van der Waals surface area (Å²) in [5, 5.41) is 3.20. The summed E-state index contributed by atoms with van der Waals surface area (Å²) in [6.45, 7) is 8.73. The van der Waals surface area contributed by atoms with Gasteiger partial charge in [-0.2, -0.15) is 0 Å². The van der Waals surface area contributed by atoms with Crippen molar-refractivity contribution in [2.24, 2.45) is 0 Å². The van der Waals surface area contributed by atoms with Gasteiger partial charge in [0.25, 0.3) is 0 Å².